The van der Waals surface area contributed by atoms with Crippen molar-refractivity contribution >= 4 is 51.1 Å². The van der Waals surface area contributed by atoms with E-state index in [-0.39, 0.29) is 16.5 Å². The minimum atomic E-state index is -0.441. The minimum Gasteiger partial charge on any atom is -0.352 e. The van der Waals surface area contributed by atoms with Crippen LogP contribution in [0.2, 0.25) is 5.02 Å². The summed E-state index contributed by atoms with van der Waals surface area (Å²) < 4.78 is 14.4. The fraction of sp³-hybridized carbons (Fsp3) is 0.158. The van der Waals surface area contributed by atoms with Crippen molar-refractivity contribution in [2.45, 2.75) is 13.3 Å². The second kappa shape index (κ2) is 9.50. The fourth-order valence-electron chi connectivity index (χ4n) is 2.10. The van der Waals surface area contributed by atoms with E-state index in [2.05, 4.69) is 26.6 Å². The monoisotopic (exact) mass is 438 g/mol. The fourth-order valence-corrected chi connectivity index (χ4v) is 2.75. The second-order valence-corrected chi connectivity index (χ2v) is 6.76. The van der Waals surface area contributed by atoms with Crippen molar-refractivity contribution in [1.82, 2.24) is 5.32 Å². The molecule has 0 heterocycles. The predicted octanol–water partition coefficient (Wildman–Crippen LogP) is 5.03. The molecule has 0 saturated carbocycles. The number of carbonyl (C=O) groups excluding carboxylic acids is 2. The van der Waals surface area contributed by atoms with Gasteiger partial charge < -0.3 is 10.6 Å². The van der Waals surface area contributed by atoms with Crippen LogP contribution in [0.25, 0.3) is 6.08 Å². The molecule has 2 rings (SSSR count). The Morgan fingerprint density at radius 2 is 2.00 bits per heavy atom. The van der Waals surface area contributed by atoms with Crippen molar-refractivity contribution in [3.8, 4) is 0 Å². The summed E-state index contributed by atoms with van der Waals surface area (Å²) in [6.45, 7) is 2.51. The third kappa shape index (κ3) is 5.68. The molecular weight excluding hydrogens is 423 g/mol. The normalized spacial score (nSPS) is 10.8. The van der Waals surface area contributed by atoms with Crippen LogP contribution in [0, 0.1) is 5.82 Å². The Morgan fingerprint density at radius 1 is 1.23 bits per heavy atom. The average Bonchev–Trinajstić information content (AvgIpc) is 2.60. The summed E-state index contributed by atoms with van der Waals surface area (Å²) in [5.74, 6) is -1.13. The van der Waals surface area contributed by atoms with Crippen LogP contribution in [0.4, 0.5) is 10.1 Å². The molecule has 0 bridgehead atoms. The van der Waals surface area contributed by atoms with E-state index in [1.165, 1.54) is 24.3 Å². The first kappa shape index (κ1) is 20.1. The Labute approximate surface area is 164 Å². The van der Waals surface area contributed by atoms with Gasteiger partial charge in [-0.15, -0.1) is 0 Å². The van der Waals surface area contributed by atoms with E-state index >= 15 is 0 Å². The number of anilines is 1. The Kier molecular flexibility index (Phi) is 7.36. The summed E-state index contributed by atoms with van der Waals surface area (Å²) >= 11 is 9.36. The first-order valence-corrected chi connectivity index (χ1v) is 9.09. The smallest absolute Gasteiger partial charge is 0.252 e. The highest BCUT2D eigenvalue weighted by molar-refractivity contribution is 9.10. The molecule has 26 heavy (non-hydrogen) atoms. The van der Waals surface area contributed by atoms with Crippen LogP contribution < -0.4 is 10.6 Å². The van der Waals surface area contributed by atoms with Gasteiger partial charge in [-0.3, -0.25) is 9.59 Å². The quantitative estimate of drug-likeness (QED) is 0.620. The molecule has 2 N–H and O–H groups in total. The zero-order chi connectivity index (χ0) is 19.1. The van der Waals surface area contributed by atoms with Gasteiger partial charge in [0.15, 0.2) is 0 Å². The molecular formula is C19H17BrClFN2O2. The lowest BCUT2D eigenvalue weighted by molar-refractivity contribution is -0.111. The third-order valence-corrected chi connectivity index (χ3v) is 4.20. The summed E-state index contributed by atoms with van der Waals surface area (Å²) in [7, 11) is 0. The summed E-state index contributed by atoms with van der Waals surface area (Å²) in [5, 5.41) is 5.59. The number of hydrogen-bond donors (Lipinski definition) is 2. The SMILES string of the molecule is CCCNC(=O)c1ccc(NC(=O)C=Cc2cc(Br)ccc2F)cc1Cl. The average molecular weight is 440 g/mol. The summed E-state index contributed by atoms with van der Waals surface area (Å²) in [6.07, 6.45) is 3.42. The molecule has 0 aliphatic rings. The largest absolute Gasteiger partial charge is 0.352 e. The van der Waals surface area contributed by atoms with E-state index in [1.807, 2.05) is 6.92 Å². The minimum absolute atomic E-state index is 0.235. The van der Waals surface area contributed by atoms with Crippen LogP contribution in [0.5, 0.6) is 0 Å². The maximum atomic E-state index is 13.6. The Balaban J connectivity index is 2.05. The lowest BCUT2D eigenvalue weighted by atomic mass is 10.1. The van der Waals surface area contributed by atoms with Crippen LogP contribution in [-0.2, 0) is 4.79 Å². The van der Waals surface area contributed by atoms with E-state index in [1.54, 1.807) is 24.3 Å². The van der Waals surface area contributed by atoms with Gasteiger partial charge in [0, 0.05) is 28.3 Å². The molecule has 0 saturated heterocycles. The zero-order valence-corrected chi connectivity index (χ0v) is 16.3. The van der Waals surface area contributed by atoms with Gasteiger partial charge in [0.1, 0.15) is 5.82 Å². The van der Waals surface area contributed by atoms with E-state index in [0.717, 1.165) is 6.42 Å². The predicted molar refractivity (Wildman–Crippen MR) is 106 cm³/mol. The third-order valence-electron chi connectivity index (χ3n) is 3.39. The van der Waals surface area contributed by atoms with Crippen molar-refractivity contribution in [2.75, 3.05) is 11.9 Å². The molecule has 0 spiro atoms. The van der Waals surface area contributed by atoms with Gasteiger partial charge in [0.2, 0.25) is 5.91 Å². The summed E-state index contributed by atoms with van der Waals surface area (Å²) in [5.41, 5.74) is 1.06. The highest BCUT2D eigenvalue weighted by atomic mass is 79.9. The number of carbonyl (C=O) groups is 2. The van der Waals surface area contributed by atoms with E-state index in [0.29, 0.717) is 22.3 Å². The first-order chi connectivity index (χ1) is 12.4. The molecule has 0 aliphatic heterocycles. The number of halogens is 3. The number of amides is 2. The van der Waals surface area contributed by atoms with Gasteiger partial charge in [0.25, 0.3) is 5.91 Å². The topological polar surface area (TPSA) is 58.2 Å². The van der Waals surface area contributed by atoms with E-state index < -0.39 is 11.7 Å². The molecule has 136 valence electrons. The van der Waals surface area contributed by atoms with Crippen molar-refractivity contribution in [3.05, 3.63) is 68.9 Å². The number of hydrogen-bond acceptors (Lipinski definition) is 2. The molecule has 0 aromatic heterocycles. The van der Waals surface area contributed by atoms with Crippen molar-refractivity contribution in [3.63, 3.8) is 0 Å². The highest BCUT2D eigenvalue weighted by Crippen LogP contribution is 2.21. The molecule has 2 aromatic rings. The van der Waals surface area contributed by atoms with Crippen molar-refractivity contribution < 1.29 is 14.0 Å². The molecule has 0 fully saturated rings. The van der Waals surface area contributed by atoms with Crippen LogP contribution in [-0.4, -0.2) is 18.4 Å². The van der Waals surface area contributed by atoms with Gasteiger partial charge in [0.05, 0.1) is 10.6 Å². The molecule has 0 radical (unpaired) electrons. The molecule has 7 heteroatoms. The summed E-state index contributed by atoms with van der Waals surface area (Å²) in [6, 6.07) is 9.07. The van der Waals surface area contributed by atoms with Gasteiger partial charge in [-0.1, -0.05) is 34.5 Å². The Bertz CT molecular complexity index is 855. The van der Waals surface area contributed by atoms with Crippen LogP contribution in [0.1, 0.15) is 29.3 Å². The van der Waals surface area contributed by atoms with Gasteiger partial charge >= 0.3 is 0 Å². The van der Waals surface area contributed by atoms with Crippen LogP contribution in [0.3, 0.4) is 0 Å². The van der Waals surface area contributed by atoms with Crippen LogP contribution >= 0.6 is 27.5 Å². The molecule has 0 unspecified atom stereocenters. The van der Waals surface area contributed by atoms with Gasteiger partial charge in [-0.25, -0.2) is 4.39 Å². The number of rotatable bonds is 6. The number of nitrogens with one attached hydrogen (secondary N) is 2. The van der Waals surface area contributed by atoms with E-state index in [4.69, 9.17) is 11.6 Å². The lowest BCUT2D eigenvalue weighted by Gasteiger charge is -2.08. The molecule has 2 amide bonds. The molecule has 0 aliphatic carbocycles. The Morgan fingerprint density at radius 3 is 2.69 bits per heavy atom. The second-order valence-electron chi connectivity index (χ2n) is 5.44. The van der Waals surface area contributed by atoms with E-state index in [9.17, 15) is 14.0 Å². The molecule has 2 aromatic carbocycles. The lowest BCUT2D eigenvalue weighted by Crippen LogP contribution is -2.24. The Hall–Kier alpha value is -2.18. The zero-order valence-electron chi connectivity index (χ0n) is 14.0. The van der Waals surface area contributed by atoms with Gasteiger partial charge in [-0.2, -0.15) is 0 Å². The molecule has 0 atom stereocenters. The van der Waals surface area contributed by atoms with Crippen molar-refractivity contribution in [1.29, 1.82) is 0 Å². The number of benzene rings is 2. The standard InChI is InChI=1S/C19H17BrClFN2O2/c1-2-9-23-19(26)15-6-5-14(11-16(15)21)24-18(25)8-3-12-10-13(20)4-7-17(12)22/h3-8,10-11H,2,9H2,1H3,(H,23,26)(H,24,25). The highest BCUT2D eigenvalue weighted by Gasteiger charge is 2.11. The van der Waals surface area contributed by atoms with Crippen LogP contribution in [0.15, 0.2) is 46.9 Å². The maximum Gasteiger partial charge on any atom is 0.252 e. The first-order valence-electron chi connectivity index (χ1n) is 7.92. The van der Waals surface area contributed by atoms with Crippen molar-refractivity contribution in [2.24, 2.45) is 0 Å². The van der Waals surface area contributed by atoms with Gasteiger partial charge in [-0.05, 0) is 48.9 Å². The maximum absolute atomic E-state index is 13.6. The summed E-state index contributed by atoms with van der Waals surface area (Å²) in [4.78, 5) is 23.9. The molecule has 4 nitrogen and oxygen atoms in total.